The Labute approximate surface area is 177 Å². The molecule has 0 N–H and O–H groups in total. The third kappa shape index (κ3) is 2.61. The van der Waals surface area contributed by atoms with Gasteiger partial charge in [-0.05, 0) is 68.8 Å². The first-order valence-electron chi connectivity index (χ1n) is 11.3. The molecule has 5 unspecified atom stereocenters. The average Bonchev–Trinajstić information content (AvgIpc) is 3.17. The summed E-state index contributed by atoms with van der Waals surface area (Å²) in [4.78, 5) is 36.4. The molecule has 5 aliphatic rings. The molecule has 3 saturated carbocycles. The smallest absolute Gasteiger partial charge is 0.306 e. The van der Waals surface area contributed by atoms with Crippen molar-refractivity contribution in [3.63, 3.8) is 0 Å². The van der Waals surface area contributed by atoms with E-state index in [-0.39, 0.29) is 38.5 Å². The van der Waals surface area contributed by atoms with Crippen molar-refractivity contribution in [3.8, 4) is 0 Å². The van der Waals surface area contributed by atoms with Crippen LogP contribution in [-0.2, 0) is 19.1 Å². The number of ketones is 1. The van der Waals surface area contributed by atoms with Crippen LogP contribution in [0.15, 0.2) is 11.6 Å². The highest BCUT2D eigenvalue weighted by Crippen LogP contribution is 2.70. The Balaban J connectivity index is 1.50. The quantitative estimate of drug-likeness (QED) is 0.572. The molecule has 5 heteroatoms. The Hall–Kier alpha value is -1.10. The van der Waals surface area contributed by atoms with Crippen molar-refractivity contribution in [1.29, 1.82) is 0 Å². The highest BCUT2D eigenvalue weighted by atomic mass is 32.2. The number of ether oxygens (including phenoxy) is 1. The first-order chi connectivity index (χ1) is 13.7. The van der Waals surface area contributed by atoms with E-state index in [1.807, 2.05) is 6.08 Å². The summed E-state index contributed by atoms with van der Waals surface area (Å²) in [7, 11) is 0. The number of rotatable bonds is 1. The Morgan fingerprint density at radius 3 is 2.52 bits per heavy atom. The van der Waals surface area contributed by atoms with Gasteiger partial charge in [0.05, 0.1) is 0 Å². The fourth-order valence-corrected chi connectivity index (χ4v) is 9.46. The van der Waals surface area contributed by atoms with Gasteiger partial charge in [0, 0.05) is 35.8 Å². The van der Waals surface area contributed by atoms with E-state index in [1.54, 1.807) is 6.92 Å². The minimum Gasteiger partial charge on any atom is -0.458 e. The topological polar surface area (TPSA) is 60.4 Å². The molecule has 7 atom stereocenters. The molecule has 4 nitrogen and oxygen atoms in total. The van der Waals surface area contributed by atoms with E-state index < -0.39 is 0 Å². The molecule has 0 amide bonds. The van der Waals surface area contributed by atoms with Crippen LogP contribution < -0.4 is 0 Å². The monoisotopic (exact) mass is 416 g/mol. The van der Waals surface area contributed by atoms with Crippen molar-refractivity contribution in [2.45, 2.75) is 89.4 Å². The Morgan fingerprint density at radius 2 is 1.83 bits per heavy atom. The average molecular weight is 417 g/mol. The maximum absolute atomic E-state index is 12.4. The van der Waals surface area contributed by atoms with Crippen molar-refractivity contribution in [1.82, 2.24) is 0 Å². The second-order valence-electron chi connectivity index (χ2n) is 10.6. The minimum absolute atomic E-state index is 0.0152. The predicted octanol–water partition coefficient (Wildman–Crippen LogP) is 4.85. The summed E-state index contributed by atoms with van der Waals surface area (Å²) in [6.07, 6.45) is 10.3. The van der Waals surface area contributed by atoms with Crippen LogP contribution in [0.2, 0.25) is 0 Å². The number of thioether (sulfide) groups is 1. The normalized spacial score (nSPS) is 48.6. The summed E-state index contributed by atoms with van der Waals surface area (Å²) in [5.41, 5.74) is 1.05. The van der Waals surface area contributed by atoms with Crippen molar-refractivity contribution >= 4 is 28.6 Å². The summed E-state index contributed by atoms with van der Waals surface area (Å²) in [5, 5.41) is 0.176. The number of carbonyl (C=O) groups excluding carboxylic acids is 3. The van der Waals surface area contributed by atoms with E-state index in [4.69, 9.17) is 4.74 Å². The van der Waals surface area contributed by atoms with Crippen LogP contribution in [0, 0.1) is 28.6 Å². The molecule has 0 bridgehead atoms. The molecule has 0 aromatic heterocycles. The SMILES string of the molecule is CC(=O)SC1CC(=O)C=C2CCC3C4CC[C@@]5(CCC(=O)O5)C4(C)CCC3[C@@]21C. The largest absolute Gasteiger partial charge is 0.458 e. The van der Waals surface area contributed by atoms with Crippen molar-refractivity contribution in [3.05, 3.63) is 11.6 Å². The first-order valence-corrected chi connectivity index (χ1v) is 12.2. The fraction of sp³-hybridized carbons (Fsp3) is 0.792. The summed E-state index contributed by atoms with van der Waals surface area (Å²) in [5.74, 6) is 1.85. The molecule has 4 aliphatic carbocycles. The van der Waals surface area contributed by atoms with Gasteiger partial charge in [0.1, 0.15) is 5.60 Å². The molecule has 1 aliphatic heterocycles. The fourth-order valence-electron chi connectivity index (χ4n) is 8.24. The third-order valence-corrected chi connectivity index (χ3v) is 10.9. The van der Waals surface area contributed by atoms with E-state index in [2.05, 4.69) is 13.8 Å². The van der Waals surface area contributed by atoms with Crippen LogP contribution in [0.3, 0.4) is 0 Å². The molecule has 0 aromatic carbocycles. The van der Waals surface area contributed by atoms with Gasteiger partial charge in [-0.25, -0.2) is 0 Å². The molecule has 1 saturated heterocycles. The van der Waals surface area contributed by atoms with Gasteiger partial charge in [-0.2, -0.15) is 0 Å². The number of hydrogen-bond donors (Lipinski definition) is 0. The van der Waals surface area contributed by atoms with E-state index in [0.717, 1.165) is 44.9 Å². The maximum Gasteiger partial charge on any atom is 0.306 e. The predicted molar refractivity (Wildman–Crippen MR) is 112 cm³/mol. The zero-order valence-electron chi connectivity index (χ0n) is 17.8. The Morgan fingerprint density at radius 1 is 1.07 bits per heavy atom. The second kappa shape index (κ2) is 6.45. The van der Waals surface area contributed by atoms with Crippen molar-refractivity contribution < 1.29 is 19.1 Å². The molecule has 5 rings (SSSR count). The van der Waals surface area contributed by atoms with Gasteiger partial charge in [0.2, 0.25) is 0 Å². The molecule has 0 radical (unpaired) electrons. The zero-order valence-corrected chi connectivity index (χ0v) is 18.6. The van der Waals surface area contributed by atoms with Gasteiger partial charge >= 0.3 is 5.97 Å². The number of esters is 1. The molecule has 1 spiro atoms. The zero-order chi connectivity index (χ0) is 20.6. The van der Waals surface area contributed by atoms with Crippen LogP contribution in [0.5, 0.6) is 0 Å². The molecule has 4 fully saturated rings. The van der Waals surface area contributed by atoms with Crippen molar-refractivity contribution in [2.24, 2.45) is 28.6 Å². The summed E-state index contributed by atoms with van der Waals surface area (Å²) in [6, 6.07) is 0. The van der Waals surface area contributed by atoms with Crippen LogP contribution in [0.4, 0.5) is 0 Å². The minimum atomic E-state index is -0.243. The lowest BCUT2D eigenvalue weighted by atomic mass is 9.46. The summed E-state index contributed by atoms with van der Waals surface area (Å²) in [6.45, 7) is 6.36. The lowest BCUT2D eigenvalue weighted by Crippen LogP contribution is -2.57. The van der Waals surface area contributed by atoms with E-state index in [0.29, 0.717) is 30.6 Å². The maximum atomic E-state index is 12.4. The van der Waals surface area contributed by atoms with Gasteiger partial charge in [-0.1, -0.05) is 31.2 Å². The summed E-state index contributed by atoms with van der Waals surface area (Å²) < 4.78 is 6.04. The summed E-state index contributed by atoms with van der Waals surface area (Å²) >= 11 is 1.39. The standard InChI is InChI=1S/C24H32O4S/c1-14(25)29-20-13-16(26)12-15-4-5-17-18-7-10-24(11-8-21(27)28-24)22(18,2)9-6-19(17)23(15,20)3/h12,17-20H,4-11,13H2,1-3H3/t17?,18?,19?,20?,22?,23-,24-/m1/s1. The number of carbonyl (C=O) groups is 3. The highest BCUT2D eigenvalue weighted by Gasteiger charge is 2.67. The lowest BCUT2D eigenvalue weighted by molar-refractivity contribution is -0.167. The van der Waals surface area contributed by atoms with Gasteiger partial charge in [-0.15, -0.1) is 0 Å². The second-order valence-corrected chi connectivity index (χ2v) is 12.0. The molecule has 29 heavy (non-hydrogen) atoms. The highest BCUT2D eigenvalue weighted by molar-refractivity contribution is 8.14. The van der Waals surface area contributed by atoms with Crippen LogP contribution in [0.25, 0.3) is 0 Å². The van der Waals surface area contributed by atoms with E-state index >= 15 is 0 Å². The van der Waals surface area contributed by atoms with Gasteiger partial charge < -0.3 is 4.74 Å². The van der Waals surface area contributed by atoms with Crippen LogP contribution >= 0.6 is 11.8 Å². The van der Waals surface area contributed by atoms with Crippen molar-refractivity contribution in [2.75, 3.05) is 0 Å². The number of fused-ring (bicyclic) bond motifs is 6. The Kier molecular flexibility index (Phi) is 4.41. The van der Waals surface area contributed by atoms with Gasteiger partial charge in [0.25, 0.3) is 0 Å². The van der Waals surface area contributed by atoms with Gasteiger partial charge in [0.15, 0.2) is 10.9 Å². The molecule has 0 aromatic rings. The van der Waals surface area contributed by atoms with Crippen LogP contribution in [0.1, 0.15) is 78.6 Å². The molecular weight excluding hydrogens is 384 g/mol. The molecular formula is C24H32O4S. The van der Waals surface area contributed by atoms with E-state index in [1.165, 1.54) is 17.3 Å². The third-order valence-electron chi connectivity index (χ3n) is 9.68. The first kappa shape index (κ1) is 19.8. The molecule has 1 heterocycles. The van der Waals surface area contributed by atoms with Crippen LogP contribution in [-0.4, -0.2) is 27.7 Å². The Bertz CT molecular complexity index is 818. The van der Waals surface area contributed by atoms with E-state index in [9.17, 15) is 14.4 Å². The number of hydrogen-bond acceptors (Lipinski definition) is 5. The van der Waals surface area contributed by atoms with Gasteiger partial charge in [-0.3, -0.25) is 14.4 Å². The number of allylic oxidation sites excluding steroid dienone is 1. The lowest BCUT2D eigenvalue weighted by Gasteiger charge is -2.60. The molecule has 158 valence electrons.